The average Bonchev–Trinajstić information content (AvgIpc) is 2.66. The van der Waals surface area contributed by atoms with Gasteiger partial charge < -0.3 is 9.47 Å². The summed E-state index contributed by atoms with van der Waals surface area (Å²) in [4.78, 5) is 0.616. The molecule has 1 atom stereocenters. The van der Waals surface area contributed by atoms with Gasteiger partial charge in [0.1, 0.15) is 11.5 Å². The summed E-state index contributed by atoms with van der Waals surface area (Å²) >= 11 is 10.2. The van der Waals surface area contributed by atoms with Crippen LogP contribution in [0.1, 0.15) is 58.8 Å². The maximum Gasteiger partial charge on any atom is 0.138 e. The van der Waals surface area contributed by atoms with E-state index in [2.05, 4.69) is 41.9 Å². The van der Waals surface area contributed by atoms with Gasteiger partial charge in [-0.25, -0.2) is 0 Å². The zero-order valence-electron chi connectivity index (χ0n) is 15.9. The molecule has 0 N–H and O–H groups in total. The molecule has 0 amide bonds. The lowest BCUT2D eigenvalue weighted by molar-refractivity contribution is 0.305. The summed E-state index contributed by atoms with van der Waals surface area (Å²) in [6.45, 7) is 5.86. The number of fused-ring (bicyclic) bond motifs is 1. The van der Waals surface area contributed by atoms with E-state index in [1.165, 1.54) is 25.7 Å². The van der Waals surface area contributed by atoms with Crippen molar-refractivity contribution in [2.45, 2.75) is 63.6 Å². The molecule has 0 aliphatic carbocycles. The summed E-state index contributed by atoms with van der Waals surface area (Å²) in [6.07, 6.45) is 8.06. The van der Waals surface area contributed by atoms with E-state index in [0.29, 0.717) is 16.5 Å². The lowest BCUT2D eigenvalue weighted by Gasteiger charge is -2.12. The van der Waals surface area contributed by atoms with Crippen LogP contribution in [0, 0.1) is 0 Å². The molecule has 2 rings (SSSR count). The highest BCUT2D eigenvalue weighted by atomic mass is 79.9. The predicted octanol–water partition coefficient (Wildman–Crippen LogP) is 7.78. The Morgan fingerprint density at radius 3 is 2.50 bits per heavy atom. The predicted molar refractivity (Wildman–Crippen MR) is 116 cm³/mol. The van der Waals surface area contributed by atoms with Crippen LogP contribution in [0.15, 0.2) is 30.3 Å². The molecule has 0 radical (unpaired) electrons. The Morgan fingerprint density at radius 1 is 0.962 bits per heavy atom. The Balaban J connectivity index is 1.90. The Kier molecular flexibility index (Phi) is 9.63. The van der Waals surface area contributed by atoms with E-state index in [0.717, 1.165) is 48.1 Å². The maximum absolute atomic E-state index is 6.55. The van der Waals surface area contributed by atoms with Gasteiger partial charge in [0.15, 0.2) is 0 Å². The third kappa shape index (κ3) is 6.66. The van der Waals surface area contributed by atoms with Crippen LogP contribution in [0.3, 0.4) is 0 Å². The molecule has 0 fully saturated rings. The van der Waals surface area contributed by atoms with Crippen LogP contribution in [0.25, 0.3) is 10.8 Å². The number of alkyl halides is 1. The molecule has 0 spiro atoms. The third-order valence-electron chi connectivity index (χ3n) is 4.52. The smallest absolute Gasteiger partial charge is 0.138 e. The summed E-state index contributed by atoms with van der Waals surface area (Å²) in [5.74, 6) is 1.67. The molecule has 0 saturated heterocycles. The quantitative estimate of drug-likeness (QED) is 0.247. The van der Waals surface area contributed by atoms with Gasteiger partial charge in [0, 0.05) is 10.2 Å². The molecular formula is C22H30BrClO2. The number of halogens is 2. The second-order valence-electron chi connectivity index (χ2n) is 6.67. The van der Waals surface area contributed by atoms with E-state index in [1.54, 1.807) is 0 Å². The van der Waals surface area contributed by atoms with Gasteiger partial charge in [-0.05, 0) is 61.8 Å². The van der Waals surface area contributed by atoms with Crippen molar-refractivity contribution >= 4 is 38.3 Å². The highest BCUT2D eigenvalue weighted by Gasteiger charge is 2.08. The second-order valence-corrected chi connectivity index (χ2v) is 8.34. The minimum absolute atomic E-state index is 0.616. The first-order valence-electron chi connectivity index (χ1n) is 9.77. The fraction of sp³-hybridized carbons (Fsp3) is 0.545. The molecule has 0 aliphatic rings. The van der Waals surface area contributed by atoms with Crippen molar-refractivity contribution in [1.82, 2.24) is 0 Å². The third-order valence-corrected chi connectivity index (χ3v) is 6.01. The van der Waals surface area contributed by atoms with Gasteiger partial charge in [-0.2, -0.15) is 0 Å². The lowest BCUT2D eigenvalue weighted by Crippen LogP contribution is -2.01. The van der Waals surface area contributed by atoms with Crippen LogP contribution in [0.2, 0.25) is 5.02 Å². The van der Waals surface area contributed by atoms with Crippen LogP contribution < -0.4 is 9.47 Å². The first-order chi connectivity index (χ1) is 12.7. The average molecular weight is 442 g/mol. The van der Waals surface area contributed by atoms with Crippen molar-refractivity contribution in [1.29, 1.82) is 0 Å². The summed E-state index contributed by atoms with van der Waals surface area (Å²) in [7, 11) is 0. The molecule has 0 bridgehead atoms. The van der Waals surface area contributed by atoms with Crippen LogP contribution in [-0.4, -0.2) is 18.0 Å². The van der Waals surface area contributed by atoms with E-state index in [4.69, 9.17) is 21.1 Å². The fourth-order valence-corrected chi connectivity index (χ4v) is 3.46. The zero-order valence-corrected chi connectivity index (χ0v) is 18.2. The molecule has 144 valence electrons. The van der Waals surface area contributed by atoms with Crippen LogP contribution in [0.5, 0.6) is 11.5 Å². The largest absolute Gasteiger partial charge is 0.494 e. The molecule has 0 aromatic heterocycles. The summed E-state index contributed by atoms with van der Waals surface area (Å²) in [5, 5.41) is 2.78. The molecule has 0 saturated carbocycles. The minimum atomic E-state index is 0.616. The Bertz CT molecular complexity index is 674. The van der Waals surface area contributed by atoms with Gasteiger partial charge in [0.25, 0.3) is 0 Å². The molecule has 0 heterocycles. The first kappa shape index (κ1) is 21.4. The Hall–Kier alpha value is -0.930. The molecular weight excluding hydrogens is 412 g/mol. The zero-order chi connectivity index (χ0) is 18.8. The molecule has 26 heavy (non-hydrogen) atoms. The van der Waals surface area contributed by atoms with Crippen molar-refractivity contribution in [3.8, 4) is 11.5 Å². The van der Waals surface area contributed by atoms with Crippen molar-refractivity contribution in [3.05, 3.63) is 35.4 Å². The van der Waals surface area contributed by atoms with Crippen molar-refractivity contribution in [2.24, 2.45) is 0 Å². The first-order valence-corrected chi connectivity index (χ1v) is 11.1. The lowest BCUT2D eigenvalue weighted by atomic mass is 10.1. The van der Waals surface area contributed by atoms with Gasteiger partial charge in [0.2, 0.25) is 0 Å². The van der Waals surface area contributed by atoms with E-state index in [9.17, 15) is 0 Å². The van der Waals surface area contributed by atoms with Gasteiger partial charge in [-0.1, -0.05) is 60.3 Å². The van der Waals surface area contributed by atoms with E-state index >= 15 is 0 Å². The number of benzene rings is 2. The molecule has 2 aromatic rings. The molecule has 2 aromatic carbocycles. The van der Waals surface area contributed by atoms with Gasteiger partial charge in [0.05, 0.1) is 18.2 Å². The molecule has 0 aliphatic heterocycles. The van der Waals surface area contributed by atoms with Crippen molar-refractivity contribution in [2.75, 3.05) is 13.2 Å². The van der Waals surface area contributed by atoms with Crippen LogP contribution in [0.4, 0.5) is 0 Å². The van der Waals surface area contributed by atoms with Crippen molar-refractivity contribution < 1.29 is 9.47 Å². The monoisotopic (exact) mass is 440 g/mol. The summed E-state index contributed by atoms with van der Waals surface area (Å²) < 4.78 is 11.7. The van der Waals surface area contributed by atoms with Gasteiger partial charge in [-0.15, -0.1) is 0 Å². The standard InChI is InChI=1S/C22H30BrClO2/c1-3-5-7-14-25-19-11-12-20-17(16-19)10-13-21(22(20)24)26-15-8-6-9-18(23)4-2/h10-13,16,18H,3-9,14-15H2,1-2H3. The maximum atomic E-state index is 6.55. The molecule has 1 unspecified atom stereocenters. The number of hydrogen-bond donors (Lipinski definition) is 0. The molecule has 4 heteroatoms. The van der Waals surface area contributed by atoms with Crippen LogP contribution >= 0.6 is 27.5 Å². The number of ether oxygens (including phenoxy) is 2. The molecule has 2 nitrogen and oxygen atoms in total. The normalized spacial score (nSPS) is 12.3. The summed E-state index contributed by atoms with van der Waals surface area (Å²) in [5.41, 5.74) is 0. The van der Waals surface area contributed by atoms with E-state index in [1.807, 2.05) is 18.2 Å². The fourth-order valence-electron chi connectivity index (χ4n) is 2.85. The number of hydrogen-bond acceptors (Lipinski definition) is 2. The highest BCUT2D eigenvalue weighted by Crippen LogP contribution is 2.34. The van der Waals surface area contributed by atoms with E-state index < -0.39 is 0 Å². The number of unbranched alkanes of at least 4 members (excludes halogenated alkanes) is 3. The minimum Gasteiger partial charge on any atom is -0.494 e. The van der Waals surface area contributed by atoms with Gasteiger partial charge >= 0.3 is 0 Å². The highest BCUT2D eigenvalue weighted by molar-refractivity contribution is 9.09. The number of rotatable bonds is 12. The Labute approximate surface area is 171 Å². The topological polar surface area (TPSA) is 18.5 Å². The summed E-state index contributed by atoms with van der Waals surface area (Å²) in [6, 6.07) is 10.1. The van der Waals surface area contributed by atoms with Crippen LogP contribution in [-0.2, 0) is 0 Å². The van der Waals surface area contributed by atoms with Crippen molar-refractivity contribution in [3.63, 3.8) is 0 Å². The Morgan fingerprint density at radius 2 is 1.73 bits per heavy atom. The van der Waals surface area contributed by atoms with E-state index in [-0.39, 0.29) is 0 Å². The SMILES string of the molecule is CCCCCOc1ccc2c(Cl)c(OCCCCC(Br)CC)ccc2c1. The second kappa shape index (κ2) is 11.7. The van der Waals surface area contributed by atoms with Gasteiger partial charge in [-0.3, -0.25) is 0 Å².